The molecule has 2 rings (SSSR count). The first-order valence-corrected chi connectivity index (χ1v) is 9.66. The van der Waals surface area contributed by atoms with E-state index in [9.17, 15) is 9.59 Å². The van der Waals surface area contributed by atoms with Crippen molar-refractivity contribution in [1.29, 1.82) is 0 Å². The molecule has 0 fully saturated rings. The first-order valence-electron chi connectivity index (χ1n) is 8.30. The van der Waals surface area contributed by atoms with Crippen LogP contribution in [-0.4, -0.2) is 17.6 Å². The van der Waals surface area contributed by atoms with Crippen molar-refractivity contribution in [3.05, 3.63) is 53.6 Å². The van der Waals surface area contributed by atoms with Gasteiger partial charge in [-0.15, -0.1) is 11.8 Å². The monoisotopic (exact) mass is 390 g/mol. The summed E-state index contributed by atoms with van der Waals surface area (Å²) < 4.78 is 0. The second-order valence-electron chi connectivity index (χ2n) is 7.13. The van der Waals surface area contributed by atoms with Crippen molar-refractivity contribution in [2.45, 2.75) is 32.1 Å². The molecule has 0 bridgehead atoms. The Balaban J connectivity index is 1.89. The number of para-hydroxylation sites is 1. The maximum Gasteiger partial charge on any atom is 0.234 e. The van der Waals surface area contributed by atoms with Crippen LogP contribution in [0, 0.1) is 5.41 Å². The van der Waals surface area contributed by atoms with Crippen LogP contribution in [0.1, 0.15) is 27.2 Å². The van der Waals surface area contributed by atoms with Gasteiger partial charge in [0.05, 0.1) is 16.5 Å². The van der Waals surface area contributed by atoms with Crippen LogP contribution in [0.2, 0.25) is 5.02 Å². The third-order valence-electron chi connectivity index (χ3n) is 3.33. The van der Waals surface area contributed by atoms with Crippen molar-refractivity contribution in [2.24, 2.45) is 5.41 Å². The first-order chi connectivity index (χ1) is 12.2. The Morgan fingerprint density at radius 1 is 1.00 bits per heavy atom. The molecule has 0 saturated carbocycles. The number of rotatable bonds is 6. The minimum absolute atomic E-state index is 0.0175. The van der Waals surface area contributed by atoms with E-state index in [0.29, 0.717) is 17.1 Å². The predicted molar refractivity (Wildman–Crippen MR) is 110 cm³/mol. The third kappa shape index (κ3) is 7.10. The van der Waals surface area contributed by atoms with Gasteiger partial charge in [-0.2, -0.15) is 0 Å². The summed E-state index contributed by atoms with van der Waals surface area (Å²) in [6, 6.07) is 14.6. The van der Waals surface area contributed by atoms with Gasteiger partial charge in [0.15, 0.2) is 0 Å². The fourth-order valence-corrected chi connectivity index (χ4v) is 3.19. The normalized spacial score (nSPS) is 11.1. The molecule has 0 radical (unpaired) electrons. The van der Waals surface area contributed by atoms with Crippen LogP contribution in [0.25, 0.3) is 0 Å². The topological polar surface area (TPSA) is 58.2 Å². The Kier molecular flexibility index (Phi) is 7.12. The number of thioether (sulfide) groups is 1. The van der Waals surface area contributed by atoms with E-state index in [1.807, 2.05) is 57.2 Å². The van der Waals surface area contributed by atoms with Crippen LogP contribution in [-0.2, 0) is 9.59 Å². The molecule has 0 aliphatic rings. The molecule has 0 unspecified atom stereocenters. The molecule has 0 saturated heterocycles. The number of hydrogen-bond donors (Lipinski definition) is 2. The van der Waals surface area contributed by atoms with Gasteiger partial charge in [0.1, 0.15) is 0 Å². The summed E-state index contributed by atoms with van der Waals surface area (Å²) >= 11 is 7.44. The molecular weight excluding hydrogens is 368 g/mol. The first kappa shape index (κ1) is 20.3. The van der Waals surface area contributed by atoms with Gasteiger partial charge in [-0.25, -0.2) is 0 Å². The van der Waals surface area contributed by atoms with Crippen LogP contribution in [0.15, 0.2) is 53.4 Å². The zero-order valence-corrected chi connectivity index (χ0v) is 16.7. The number of carbonyl (C=O) groups is 2. The lowest BCUT2D eigenvalue weighted by Gasteiger charge is -2.17. The van der Waals surface area contributed by atoms with Gasteiger partial charge in [0, 0.05) is 17.0 Å². The Morgan fingerprint density at radius 3 is 2.42 bits per heavy atom. The number of halogens is 1. The molecule has 26 heavy (non-hydrogen) atoms. The highest BCUT2D eigenvalue weighted by Gasteiger charge is 2.16. The Morgan fingerprint density at radius 2 is 1.73 bits per heavy atom. The number of carbonyl (C=O) groups excluding carboxylic acids is 2. The van der Waals surface area contributed by atoms with Crippen LogP contribution < -0.4 is 10.6 Å². The van der Waals surface area contributed by atoms with Gasteiger partial charge in [-0.1, -0.05) is 50.6 Å². The molecule has 2 amide bonds. The van der Waals surface area contributed by atoms with E-state index >= 15 is 0 Å². The van der Waals surface area contributed by atoms with E-state index in [4.69, 9.17) is 11.6 Å². The van der Waals surface area contributed by atoms with E-state index in [-0.39, 0.29) is 23.0 Å². The highest BCUT2D eigenvalue weighted by atomic mass is 35.5. The number of nitrogens with one attached hydrogen (secondary N) is 2. The fraction of sp³-hybridized carbons (Fsp3) is 0.300. The van der Waals surface area contributed by atoms with Crippen molar-refractivity contribution in [3.8, 4) is 0 Å². The molecule has 0 aromatic heterocycles. The minimum atomic E-state index is -0.134. The van der Waals surface area contributed by atoms with Gasteiger partial charge in [-0.05, 0) is 35.7 Å². The summed E-state index contributed by atoms with van der Waals surface area (Å²) in [6.45, 7) is 6.07. The summed E-state index contributed by atoms with van der Waals surface area (Å²) in [5.74, 6) is 0.103. The molecule has 2 aromatic carbocycles. The van der Waals surface area contributed by atoms with E-state index in [2.05, 4.69) is 10.6 Å². The average Bonchev–Trinajstić information content (AvgIpc) is 2.54. The second kappa shape index (κ2) is 9.10. The smallest absolute Gasteiger partial charge is 0.234 e. The lowest BCUT2D eigenvalue weighted by Crippen LogP contribution is -2.19. The van der Waals surface area contributed by atoms with Crippen molar-refractivity contribution < 1.29 is 9.59 Å². The Hall–Kier alpha value is -1.98. The quantitative estimate of drug-likeness (QED) is 0.645. The molecule has 2 aromatic rings. The molecule has 138 valence electrons. The zero-order chi connectivity index (χ0) is 19.2. The van der Waals surface area contributed by atoms with Crippen molar-refractivity contribution in [3.63, 3.8) is 0 Å². The summed E-state index contributed by atoms with van der Waals surface area (Å²) in [5, 5.41) is 6.20. The Bertz CT molecular complexity index is 787. The number of benzene rings is 2. The molecule has 0 aliphatic heterocycles. The van der Waals surface area contributed by atoms with Gasteiger partial charge in [0.25, 0.3) is 0 Å². The van der Waals surface area contributed by atoms with Crippen molar-refractivity contribution in [1.82, 2.24) is 0 Å². The van der Waals surface area contributed by atoms with E-state index in [1.165, 1.54) is 11.8 Å². The Labute approximate surface area is 163 Å². The molecule has 0 aliphatic carbocycles. The molecule has 6 heteroatoms. The largest absolute Gasteiger partial charge is 0.326 e. The van der Waals surface area contributed by atoms with E-state index in [0.717, 1.165) is 10.6 Å². The standard InChI is InChI=1S/C20H23ClN2O2S/c1-20(2,3)12-18(24)22-14-7-6-8-15(11-14)26-13-19(25)23-17-10-5-4-9-16(17)21/h4-11H,12-13H2,1-3H3,(H,22,24)(H,23,25). The fourth-order valence-electron chi connectivity index (χ4n) is 2.25. The maximum absolute atomic E-state index is 12.1. The number of hydrogen-bond acceptors (Lipinski definition) is 3. The van der Waals surface area contributed by atoms with Gasteiger partial charge in [0.2, 0.25) is 11.8 Å². The van der Waals surface area contributed by atoms with E-state index < -0.39 is 0 Å². The van der Waals surface area contributed by atoms with E-state index in [1.54, 1.807) is 12.1 Å². The maximum atomic E-state index is 12.1. The molecule has 0 heterocycles. The summed E-state index contributed by atoms with van der Waals surface area (Å²) in [4.78, 5) is 25.1. The SMILES string of the molecule is CC(C)(C)CC(=O)Nc1cccc(SCC(=O)Nc2ccccc2Cl)c1. The van der Waals surface area contributed by atoms with Gasteiger partial charge >= 0.3 is 0 Å². The van der Waals surface area contributed by atoms with Gasteiger partial charge in [-0.3, -0.25) is 9.59 Å². The molecule has 2 N–H and O–H groups in total. The minimum Gasteiger partial charge on any atom is -0.326 e. The van der Waals surface area contributed by atoms with Gasteiger partial charge < -0.3 is 10.6 Å². The predicted octanol–water partition coefficient (Wildman–Crippen LogP) is 5.45. The summed E-state index contributed by atoms with van der Waals surface area (Å²) in [6.07, 6.45) is 0.449. The average molecular weight is 391 g/mol. The summed E-state index contributed by atoms with van der Waals surface area (Å²) in [5.41, 5.74) is 1.27. The molecule has 4 nitrogen and oxygen atoms in total. The van der Waals surface area contributed by atoms with Crippen molar-refractivity contribution in [2.75, 3.05) is 16.4 Å². The molecule has 0 atom stereocenters. The van der Waals surface area contributed by atoms with Crippen molar-refractivity contribution >= 4 is 46.6 Å². The zero-order valence-electron chi connectivity index (χ0n) is 15.1. The molecular formula is C20H23ClN2O2S. The van der Waals surface area contributed by atoms with Crippen LogP contribution in [0.5, 0.6) is 0 Å². The number of anilines is 2. The van der Waals surface area contributed by atoms with Crippen LogP contribution in [0.3, 0.4) is 0 Å². The van der Waals surface area contributed by atoms with Crippen LogP contribution >= 0.6 is 23.4 Å². The highest BCUT2D eigenvalue weighted by Crippen LogP contribution is 2.25. The number of amides is 2. The summed E-state index contributed by atoms with van der Waals surface area (Å²) in [7, 11) is 0. The molecule has 0 spiro atoms. The second-order valence-corrected chi connectivity index (χ2v) is 8.59. The highest BCUT2D eigenvalue weighted by molar-refractivity contribution is 8.00. The third-order valence-corrected chi connectivity index (χ3v) is 4.65. The van der Waals surface area contributed by atoms with Crippen LogP contribution in [0.4, 0.5) is 11.4 Å². The lowest BCUT2D eigenvalue weighted by atomic mass is 9.92. The lowest BCUT2D eigenvalue weighted by molar-refractivity contribution is -0.118.